The zero-order valence-electron chi connectivity index (χ0n) is 15.0. The van der Waals surface area contributed by atoms with Crippen LogP contribution >= 0.6 is 0 Å². The van der Waals surface area contributed by atoms with Gasteiger partial charge in [0.15, 0.2) is 0 Å². The molecular weight excluding hydrogens is 322 g/mol. The van der Waals surface area contributed by atoms with Crippen molar-refractivity contribution >= 4 is 22.0 Å². The van der Waals surface area contributed by atoms with E-state index in [0.717, 1.165) is 40.9 Å². The fourth-order valence-electron chi connectivity index (χ4n) is 4.17. The molecule has 1 saturated heterocycles. The smallest absolute Gasteiger partial charge is 0.134 e. The van der Waals surface area contributed by atoms with E-state index in [0.29, 0.717) is 6.04 Å². The van der Waals surface area contributed by atoms with Crippen LogP contribution in [0.15, 0.2) is 53.2 Å². The molecule has 0 aliphatic carbocycles. The van der Waals surface area contributed by atoms with Gasteiger partial charge in [0.05, 0.1) is 17.4 Å². The van der Waals surface area contributed by atoms with Gasteiger partial charge in [-0.05, 0) is 56.1 Å². The molecule has 4 nitrogen and oxygen atoms in total. The Bertz CT molecular complexity index is 1060. The summed E-state index contributed by atoms with van der Waals surface area (Å²) in [6.07, 6.45) is 5.37. The lowest BCUT2D eigenvalue weighted by atomic mass is 10.0. The average Bonchev–Trinajstić information content (AvgIpc) is 3.38. The Morgan fingerprint density at radius 2 is 2.19 bits per heavy atom. The van der Waals surface area contributed by atoms with Crippen LogP contribution in [0, 0.1) is 0 Å². The lowest BCUT2D eigenvalue weighted by Crippen LogP contribution is -2.28. The minimum absolute atomic E-state index is 0.709. The average molecular weight is 345 g/mol. The normalized spacial score (nSPS) is 18.3. The van der Waals surface area contributed by atoms with Crippen molar-refractivity contribution in [1.82, 2.24) is 14.9 Å². The third-order valence-electron chi connectivity index (χ3n) is 5.66. The van der Waals surface area contributed by atoms with Crippen LogP contribution in [0.3, 0.4) is 0 Å². The van der Waals surface area contributed by atoms with Gasteiger partial charge in [0.25, 0.3) is 0 Å². The minimum atomic E-state index is 0.709. The van der Waals surface area contributed by atoms with Crippen molar-refractivity contribution in [3.05, 3.63) is 54.6 Å². The maximum atomic E-state index is 6.08. The largest absolute Gasteiger partial charge is 0.461 e. The third-order valence-corrected chi connectivity index (χ3v) is 5.66. The number of hydrogen-bond acceptors (Lipinski definition) is 3. The standard InChI is InChI=1S/C22H23N3O/c1-15-4-3-10-25(15)11-9-18-13-17-12-16(7-8-21(17)26-18)19-5-2-6-20-22(19)24-14-23-20/h2,5-8,12-15H,3-4,9-11H2,1H3,(H,23,24)/t15-/m1/s1. The number of nitrogens with zero attached hydrogens (tertiary/aromatic N) is 2. The van der Waals surface area contributed by atoms with Gasteiger partial charge < -0.3 is 14.3 Å². The number of benzene rings is 2. The van der Waals surface area contributed by atoms with E-state index in [1.165, 1.54) is 30.3 Å². The van der Waals surface area contributed by atoms with Crippen molar-refractivity contribution in [3.8, 4) is 11.1 Å². The molecule has 0 saturated carbocycles. The Kier molecular flexibility index (Phi) is 3.79. The Balaban J connectivity index is 1.44. The molecule has 0 radical (unpaired) electrons. The number of rotatable bonds is 4. The molecule has 0 amide bonds. The highest BCUT2D eigenvalue weighted by Gasteiger charge is 2.20. The van der Waals surface area contributed by atoms with Crippen molar-refractivity contribution in [3.63, 3.8) is 0 Å². The number of furan rings is 1. The van der Waals surface area contributed by atoms with Gasteiger partial charge in [-0.1, -0.05) is 18.2 Å². The number of nitrogens with one attached hydrogen (secondary N) is 1. The van der Waals surface area contributed by atoms with E-state index in [1.54, 1.807) is 6.33 Å². The van der Waals surface area contributed by atoms with E-state index < -0.39 is 0 Å². The summed E-state index contributed by atoms with van der Waals surface area (Å²) in [5.74, 6) is 1.08. The van der Waals surface area contributed by atoms with Crippen LogP contribution < -0.4 is 0 Å². The lowest BCUT2D eigenvalue weighted by Gasteiger charge is -2.19. The molecule has 0 bridgehead atoms. The monoisotopic (exact) mass is 345 g/mol. The number of hydrogen-bond donors (Lipinski definition) is 1. The van der Waals surface area contributed by atoms with Crippen LogP contribution in [0.25, 0.3) is 33.1 Å². The molecule has 4 heteroatoms. The minimum Gasteiger partial charge on any atom is -0.461 e. The summed E-state index contributed by atoms with van der Waals surface area (Å²) in [5, 5.41) is 1.17. The molecule has 1 N–H and O–H groups in total. The quantitative estimate of drug-likeness (QED) is 0.566. The maximum Gasteiger partial charge on any atom is 0.134 e. The summed E-state index contributed by atoms with van der Waals surface area (Å²) in [6, 6.07) is 15.6. The van der Waals surface area contributed by atoms with Gasteiger partial charge in [-0.3, -0.25) is 0 Å². The van der Waals surface area contributed by atoms with Gasteiger partial charge in [0.2, 0.25) is 0 Å². The number of aromatic nitrogens is 2. The molecule has 2 aromatic carbocycles. The molecule has 5 rings (SSSR count). The van der Waals surface area contributed by atoms with Crippen LogP contribution in [0.1, 0.15) is 25.5 Å². The highest BCUT2D eigenvalue weighted by molar-refractivity contribution is 5.94. The number of fused-ring (bicyclic) bond motifs is 2. The van der Waals surface area contributed by atoms with E-state index in [1.807, 2.05) is 0 Å². The van der Waals surface area contributed by atoms with Crippen LogP contribution in [-0.2, 0) is 6.42 Å². The molecule has 132 valence electrons. The van der Waals surface area contributed by atoms with Crippen molar-refractivity contribution in [2.45, 2.75) is 32.2 Å². The first kappa shape index (κ1) is 15.6. The van der Waals surface area contributed by atoms with E-state index in [9.17, 15) is 0 Å². The zero-order chi connectivity index (χ0) is 17.5. The molecular formula is C22H23N3O. The SMILES string of the molecule is C[C@@H]1CCCN1CCc1cc2cc(-c3cccc4[nH]cnc34)ccc2o1. The maximum absolute atomic E-state index is 6.08. The number of aromatic amines is 1. The fourth-order valence-corrected chi connectivity index (χ4v) is 4.17. The molecule has 3 heterocycles. The van der Waals surface area contributed by atoms with Crippen LogP contribution in [0.5, 0.6) is 0 Å². The molecule has 0 spiro atoms. The van der Waals surface area contributed by atoms with Gasteiger partial charge in [-0.25, -0.2) is 4.98 Å². The molecule has 26 heavy (non-hydrogen) atoms. The number of likely N-dealkylation sites (tertiary alicyclic amines) is 1. The second-order valence-corrected chi connectivity index (χ2v) is 7.35. The van der Waals surface area contributed by atoms with Crippen molar-refractivity contribution in [2.24, 2.45) is 0 Å². The van der Waals surface area contributed by atoms with Crippen molar-refractivity contribution in [1.29, 1.82) is 0 Å². The van der Waals surface area contributed by atoms with Gasteiger partial charge in [-0.15, -0.1) is 0 Å². The Morgan fingerprint density at radius 3 is 3.08 bits per heavy atom. The Morgan fingerprint density at radius 1 is 1.23 bits per heavy atom. The van der Waals surface area contributed by atoms with Crippen LogP contribution in [0.2, 0.25) is 0 Å². The summed E-state index contributed by atoms with van der Waals surface area (Å²) in [7, 11) is 0. The summed E-state index contributed by atoms with van der Waals surface area (Å²) in [4.78, 5) is 10.2. The van der Waals surface area contributed by atoms with Gasteiger partial charge in [-0.2, -0.15) is 0 Å². The van der Waals surface area contributed by atoms with E-state index in [4.69, 9.17) is 4.42 Å². The van der Waals surface area contributed by atoms with E-state index in [-0.39, 0.29) is 0 Å². The summed E-state index contributed by atoms with van der Waals surface area (Å²) >= 11 is 0. The fraction of sp³-hybridized carbons (Fsp3) is 0.318. The first-order valence-corrected chi connectivity index (χ1v) is 9.47. The topological polar surface area (TPSA) is 45.1 Å². The second kappa shape index (κ2) is 6.29. The van der Waals surface area contributed by atoms with E-state index in [2.05, 4.69) is 64.3 Å². The lowest BCUT2D eigenvalue weighted by molar-refractivity contribution is 0.266. The number of H-pyrrole nitrogens is 1. The number of imidazole rings is 1. The summed E-state index contributed by atoms with van der Waals surface area (Å²) in [5.41, 5.74) is 5.37. The van der Waals surface area contributed by atoms with Gasteiger partial charge in [0, 0.05) is 30.0 Å². The van der Waals surface area contributed by atoms with Crippen LogP contribution in [0.4, 0.5) is 0 Å². The van der Waals surface area contributed by atoms with Crippen molar-refractivity contribution in [2.75, 3.05) is 13.1 Å². The molecule has 1 aliphatic rings. The summed E-state index contributed by atoms with van der Waals surface area (Å²) in [6.45, 7) is 4.63. The molecule has 1 fully saturated rings. The molecule has 1 aliphatic heterocycles. The zero-order valence-corrected chi connectivity index (χ0v) is 15.0. The Hall–Kier alpha value is -2.59. The van der Waals surface area contributed by atoms with E-state index >= 15 is 0 Å². The highest BCUT2D eigenvalue weighted by Crippen LogP contribution is 2.30. The first-order chi connectivity index (χ1) is 12.8. The third kappa shape index (κ3) is 2.71. The van der Waals surface area contributed by atoms with Crippen LogP contribution in [-0.4, -0.2) is 34.0 Å². The molecule has 4 aromatic rings. The van der Waals surface area contributed by atoms with Gasteiger partial charge in [0.1, 0.15) is 11.3 Å². The molecule has 1 atom stereocenters. The predicted molar refractivity (Wildman–Crippen MR) is 105 cm³/mol. The van der Waals surface area contributed by atoms with Crippen molar-refractivity contribution < 1.29 is 4.42 Å². The number of para-hydroxylation sites is 1. The Labute approximate surface area is 152 Å². The molecule has 0 unspecified atom stereocenters. The molecule has 2 aromatic heterocycles. The first-order valence-electron chi connectivity index (χ1n) is 9.47. The predicted octanol–water partition coefficient (Wildman–Crippen LogP) is 5.00. The van der Waals surface area contributed by atoms with Gasteiger partial charge >= 0.3 is 0 Å². The highest BCUT2D eigenvalue weighted by atomic mass is 16.3. The summed E-state index contributed by atoms with van der Waals surface area (Å²) < 4.78 is 6.08. The second-order valence-electron chi connectivity index (χ2n) is 7.35.